The molecule has 2 aromatic heterocycles. The molecule has 28 heavy (non-hydrogen) atoms. The van der Waals surface area contributed by atoms with Gasteiger partial charge in [-0.2, -0.15) is 0 Å². The van der Waals surface area contributed by atoms with Crippen LogP contribution in [0.25, 0.3) is 11.4 Å². The molecule has 1 N–H and O–H groups in total. The van der Waals surface area contributed by atoms with Gasteiger partial charge >= 0.3 is 0 Å². The van der Waals surface area contributed by atoms with Crippen molar-refractivity contribution < 1.29 is 13.6 Å². The van der Waals surface area contributed by atoms with E-state index in [1.807, 2.05) is 6.07 Å². The number of allylic oxidation sites excluding steroid dienone is 1. The van der Waals surface area contributed by atoms with Crippen molar-refractivity contribution in [1.82, 2.24) is 19.7 Å². The molecule has 0 aliphatic heterocycles. The van der Waals surface area contributed by atoms with Gasteiger partial charge in [0.15, 0.2) is 11.0 Å². The number of para-hydroxylation sites is 1. The fourth-order valence-corrected chi connectivity index (χ4v) is 3.29. The van der Waals surface area contributed by atoms with Gasteiger partial charge in [0.2, 0.25) is 5.91 Å². The first kappa shape index (κ1) is 19.7. The van der Waals surface area contributed by atoms with Gasteiger partial charge in [-0.3, -0.25) is 14.3 Å². The molecule has 0 aliphatic carbocycles. The standard InChI is InChI=1S/C19H17F2N5OS/c1-3-10-26-17(13-6-5-9-22-11-13)24-25-19(26)28-12(2)18(27)23-16-14(20)7-4-8-15(16)21/h3-9,11-12H,1,10H2,2H3,(H,23,27)/t12-/m0/s1. The summed E-state index contributed by atoms with van der Waals surface area (Å²) in [5.41, 5.74) is 0.304. The summed E-state index contributed by atoms with van der Waals surface area (Å²) in [5.74, 6) is -1.63. The number of hydrogen-bond acceptors (Lipinski definition) is 5. The number of amides is 1. The highest BCUT2D eigenvalue weighted by Gasteiger charge is 2.22. The van der Waals surface area contributed by atoms with Gasteiger partial charge in [0.1, 0.15) is 17.3 Å². The van der Waals surface area contributed by atoms with E-state index in [0.717, 1.165) is 29.5 Å². The van der Waals surface area contributed by atoms with Gasteiger partial charge in [-0.1, -0.05) is 23.9 Å². The zero-order chi connectivity index (χ0) is 20.1. The summed E-state index contributed by atoms with van der Waals surface area (Å²) >= 11 is 1.13. The zero-order valence-electron chi connectivity index (χ0n) is 15.0. The van der Waals surface area contributed by atoms with Gasteiger partial charge in [-0.15, -0.1) is 16.8 Å². The average molecular weight is 401 g/mol. The number of halogens is 2. The molecule has 0 fully saturated rings. The molecule has 0 saturated heterocycles. The number of nitrogens with zero attached hydrogens (tertiary/aromatic N) is 4. The molecule has 0 saturated carbocycles. The summed E-state index contributed by atoms with van der Waals surface area (Å²) in [6, 6.07) is 7.03. The number of nitrogens with one attached hydrogen (secondary N) is 1. The Hall–Kier alpha value is -3.07. The minimum Gasteiger partial charge on any atom is -0.320 e. The smallest absolute Gasteiger partial charge is 0.237 e. The van der Waals surface area contributed by atoms with E-state index < -0.39 is 28.5 Å². The third kappa shape index (κ3) is 4.25. The Balaban J connectivity index is 1.80. The van der Waals surface area contributed by atoms with Crippen LogP contribution in [0.4, 0.5) is 14.5 Å². The quantitative estimate of drug-likeness (QED) is 0.480. The summed E-state index contributed by atoms with van der Waals surface area (Å²) in [4.78, 5) is 16.5. The predicted molar refractivity (Wildman–Crippen MR) is 104 cm³/mol. The van der Waals surface area contributed by atoms with Crippen molar-refractivity contribution in [3.8, 4) is 11.4 Å². The summed E-state index contributed by atoms with van der Waals surface area (Å²) in [5, 5.41) is 10.4. The predicted octanol–water partition coefficient (Wildman–Crippen LogP) is 3.92. The van der Waals surface area contributed by atoms with Gasteiger partial charge in [0.05, 0.1) is 5.25 Å². The fraction of sp³-hybridized carbons (Fsp3) is 0.158. The first-order chi connectivity index (χ1) is 13.5. The van der Waals surface area contributed by atoms with Gasteiger partial charge in [0, 0.05) is 24.5 Å². The molecule has 2 heterocycles. The maximum Gasteiger partial charge on any atom is 0.237 e. The van der Waals surface area contributed by atoms with E-state index in [-0.39, 0.29) is 0 Å². The summed E-state index contributed by atoms with van der Waals surface area (Å²) in [7, 11) is 0. The SMILES string of the molecule is C=CCn1c(S[C@@H](C)C(=O)Nc2c(F)cccc2F)nnc1-c1cccnc1. The monoisotopic (exact) mass is 401 g/mol. The number of carbonyl (C=O) groups is 1. The normalized spacial score (nSPS) is 11.8. The Morgan fingerprint density at radius 1 is 1.29 bits per heavy atom. The van der Waals surface area contributed by atoms with Crippen LogP contribution in [0.5, 0.6) is 0 Å². The zero-order valence-corrected chi connectivity index (χ0v) is 15.8. The van der Waals surface area contributed by atoms with Crippen LogP contribution in [0.3, 0.4) is 0 Å². The number of hydrogen-bond donors (Lipinski definition) is 1. The van der Waals surface area contributed by atoms with E-state index in [2.05, 4.69) is 27.1 Å². The highest BCUT2D eigenvalue weighted by molar-refractivity contribution is 8.00. The molecule has 9 heteroatoms. The second-order valence-corrected chi connectivity index (χ2v) is 7.10. The number of thioether (sulfide) groups is 1. The molecule has 0 spiro atoms. The molecule has 1 amide bonds. The highest BCUT2D eigenvalue weighted by Crippen LogP contribution is 2.28. The molecular weight excluding hydrogens is 384 g/mol. The number of aromatic nitrogens is 4. The summed E-state index contributed by atoms with van der Waals surface area (Å²) in [6.45, 7) is 5.78. The Kier molecular flexibility index (Phi) is 6.15. The molecule has 3 aromatic rings. The van der Waals surface area contributed by atoms with E-state index in [9.17, 15) is 13.6 Å². The van der Waals surface area contributed by atoms with Crippen molar-refractivity contribution in [2.24, 2.45) is 0 Å². The van der Waals surface area contributed by atoms with Crippen molar-refractivity contribution in [1.29, 1.82) is 0 Å². The molecule has 6 nitrogen and oxygen atoms in total. The number of carbonyl (C=O) groups excluding carboxylic acids is 1. The van der Waals surface area contributed by atoms with E-state index in [0.29, 0.717) is 17.5 Å². The van der Waals surface area contributed by atoms with Crippen molar-refractivity contribution in [2.75, 3.05) is 5.32 Å². The van der Waals surface area contributed by atoms with Gasteiger partial charge in [-0.25, -0.2) is 8.78 Å². The maximum atomic E-state index is 13.8. The van der Waals surface area contributed by atoms with Crippen LogP contribution in [-0.2, 0) is 11.3 Å². The molecule has 144 valence electrons. The molecule has 0 unspecified atom stereocenters. The number of rotatable bonds is 7. The van der Waals surface area contributed by atoms with Crippen LogP contribution < -0.4 is 5.32 Å². The van der Waals surface area contributed by atoms with E-state index in [4.69, 9.17) is 0 Å². The number of benzene rings is 1. The molecule has 0 aliphatic rings. The van der Waals surface area contributed by atoms with Gasteiger partial charge in [-0.05, 0) is 31.2 Å². The van der Waals surface area contributed by atoms with Crippen LogP contribution in [0, 0.1) is 11.6 Å². The van der Waals surface area contributed by atoms with Gasteiger partial charge < -0.3 is 5.32 Å². The molecule has 1 atom stereocenters. The lowest BCUT2D eigenvalue weighted by Gasteiger charge is -2.13. The largest absolute Gasteiger partial charge is 0.320 e. The molecular formula is C19H17F2N5OS. The lowest BCUT2D eigenvalue weighted by Crippen LogP contribution is -2.24. The van der Waals surface area contributed by atoms with Crippen molar-refractivity contribution in [3.05, 3.63) is 67.0 Å². The first-order valence-corrected chi connectivity index (χ1v) is 9.25. The minimum atomic E-state index is -0.834. The average Bonchev–Trinajstić information content (AvgIpc) is 3.08. The second kappa shape index (κ2) is 8.75. The number of pyridine rings is 1. The van der Waals surface area contributed by atoms with Crippen LogP contribution in [-0.4, -0.2) is 30.9 Å². The Morgan fingerprint density at radius 2 is 2.04 bits per heavy atom. The maximum absolute atomic E-state index is 13.8. The van der Waals surface area contributed by atoms with Crippen molar-refractivity contribution >= 4 is 23.4 Å². The fourth-order valence-electron chi connectivity index (χ4n) is 2.43. The molecule has 1 aromatic carbocycles. The lowest BCUT2D eigenvalue weighted by atomic mass is 10.3. The molecule has 0 radical (unpaired) electrons. The lowest BCUT2D eigenvalue weighted by molar-refractivity contribution is -0.115. The Morgan fingerprint density at radius 3 is 2.68 bits per heavy atom. The van der Waals surface area contributed by atoms with Crippen LogP contribution >= 0.6 is 11.8 Å². The minimum absolute atomic E-state index is 0.426. The van der Waals surface area contributed by atoms with E-state index >= 15 is 0 Å². The van der Waals surface area contributed by atoms with Crippen LogP contribution in [0.1, 0.15) is 6.92 Å². The van der Waals surface area contributed by atoms with E-state index in [1.54, 1.807) is 36.0 Å². The van der Waals surface area contributed by atoms with Gasteiger partial charge in [0.25, 0.3) is 0 Å². The topological polar surface area (TPSA) is 72.7 Å². The van der Waals surface area contributed by atoms with Crippen molar-refractivity contribution in [2.45, 2.75) is 23.9 Å². The van der Waals surface area contributed by atoms with Crippen LogP contribution in [0.2, 0.25) is 0 Å². The third-order valence-electron chi connectivity index (χ3n) is 3.81. The number of anilines is 1. The molecule has 0 bridgehead atoms. The van der Waals surface area contributed by atoms with Crippen molar-refractivity contribution in [3.63, 3.8) is 0 Å². The third-order valence-corrected chi connectivity index (χ3v) is 4.89. The summed E-state index contributed by atoms with van der Waals surface area (Å²) in [6.07, 6.45) is 5.00. The van der Waals surface area contributed by atoms with Crippen LogP contribution in [0.15, 0.2) is 60.5 Å². The Bertz CT molecular complexity index is 973. The van der Waals surface area contributed by atoms with E-state index in [1.165, 1.54) is 6.07 Å². The second-order valence-electron chi connectivity index (χ2n) is 5.79. The highest BCUT2D eigenvalue weighted by atomic mass is 32.2. The first-order valence-electron chi connectivity index (χ1n) is 8.37. The summed E-state index contributed by atoms with van der Waals surface area (Å²) < 4.78 is 29.3. The molecule has 3 rings (SSSR count). The Labute approximate surface area is 164 Å².